The van der Waals surface area contributed by atoms with Crippen molar-refractivity contribution in [2.45, 2.75) is 411 Å². The molecule has 6 nitrogen and oxygen atoms in total. The minimum absolute atomic E-state index is 0.00511. The van der Waals surface area contributed by atoms with Crippen LogP contribution in [0.15, 0.2) is 36.5 Å². The molecule has 0 aliphatic rings. The third-order valence-electron chi connectivity index (χ3n) is 16.9. The highest BCUT2D eigenvalue weighted by Gasteiger charge is 2.20. The molecule has 472 valence electrons. The first-order valence-electron chi connectivity index (χ1n) is 36.2. The summed E-state index contributed by atoms with van der Waals surface area (Å²) in [4.78, 5) is 24.6. The zero-order chi connectivity index (χ0) is 57.8. The molecule has 2 atom stereocenters. The fourth-order valence-corrected chi connectivity index (χ4v) is 11.4. The Morgan fingerprint density at radius 3 is 0.975 bits per heavy atom. The molecular formula is C74H141NO5. The second-order valence-electron chi connectivity index (χ2n) is 24.9. The minimum Gasteiger partial charge on any atom is -0.466 e. The van der Waals surface area contributed by atoms with Gasteiger partial charge in [0.2, 0.25) is 5.91 Å². The third-order valence-corrected chi connectivity index (χ3v) is 16.9. The van der Waals surface area contributed by atoms with Gasteiger partial charge >= 0.3 is 5.97 Å². The van der Waals surface area contributed by atoms with Crippen LogP contribution in [-0.4, -0.2) is 47.4 Å². The molecule has 0 bridgehead atoms. The van der Waals surface area contributed by atoms with Crippen molar-refractivity contribution < 1.29 is 24.5 Å². The van der Waals surface area contributed by atoms with Gasteiger partial charge in [-0.2, -0.15) is 0 Å². The van der Waals surface area contributed by atoms with Gasteiger partial charge in [0.05, 0.1) is 25.4 Å². The van der Waals surface area contributed by atoms with Gasteiger partial charge in [0.1, 0.15) is 0 Å². The molecule has 0 aromatic heterocycles. The number of ether oxygens (including phenoxy) is 1. The molecule has 0 radical (unpaired) electrons. The highest BCUT2D eigenvalue weighted by molar-refractivity contribution is 5.76. The normalized spacial score (nSPS) is 12.7. The average Bonchev–Trinajstić information content (AvgIpc) is 3.46. The van der Waals surface area contributed by atoms with Gasteiger partial charge in [-0.1, -0.05) is 339 Å². The second-order valence-corrected chi connectivity index (χ2v) is 24.9. The van der Waals surface area contributed by atoms with Crippen molar-refractivity contribution in [2.24, 2.45) is 0 Å². The van der Waals surface area contributed by atoms with Crippen molar-refractivity contribution in [1.29, 1.82) is 0 Å². The van der Waals surface area contributed by atoms with Crippen molar-refractivity contribution in [3.63, 3.8) is 0 Å². The van der Waals surface area contributed by atoms with E-state index in [-0.39, 0.29) is 18.5 Å². The summed E-state index contributed by atoms with van der Waals surface area (Å²) in [6.45, 7) is 4.96. The van der Waals surface area contributed by atoms with Crippen LogP contribution >= 0.6 is 0 Å². The Morgan fingerprint density at radius 1 is 0.350 bits per heavy atom. The maximum atomic E-state index is 12.5. The molecule has 0 aromatic carbocycles. The number of esters is 1. The predicted octanol–water partition coefficient (Wildman–Crippen LogP) is 23.5. The summed E-state index contributed by atoms with van der Waals surface area (Å²) in [5.41, 5.74) is 0. The lowest BCUT2D eigenvalue weighted by molar-refractivity contribution is -0.143. The Hall–Kier alpha value is -1.92. The number of rotatable bonds is 68. The van der Waals surface area contributed by atoms with Crippen molar-refractivity contribution in [1.82, 2.24) is 5.32 Å². The highest BCUT2D eigenvalue weighted by Crippen LogP contribution is 2.19. The van der Waals surface area contributed by atoms with Crippen LogP contribution in [0.2, 0.25) is 0 Å². The molecule has 80 heavy (non-hydrogen) atoms. The van der Waals surface area contributed by atoms with Gasteiger partial charge in [-0.15, -0.1) is 0 Å². The van der Waals surface area contributed by atoms with Crippen molar-refractivity contribution in [3.8, 4) is 0 Å². The van der Waals surface area contributed by atoms with Gasteiger partial charge in [-0.05, 0) is 83.5 Å². The van der Waals surface area contributed by atoms with E-state index in [2.05, 4.69) is 55.6 Å². The van der Waals surface area contributed by atoms with Gasteiger partial charge in [-0.3, -0.25) is 9.59 Å². The number of aliphatic hydroxyl groups excluding tert-OH is 2. The Morgan fingerprint density at radius 2 is 0.625 bits per heavy atom. The van der Waals surface area contributed by atoms with Crippen LogP contribution in [0.4, 0.5) is 0 Å². The monoisotopic (exact) mass is 1120 g/mol. The van der Waals surface area contributed by atoms with Crippen LogP contribution in [0.1, 0.15) is 399 Å². The number of carbonyl (C=O) groups excluding carboxylic acids is 2. The van der Waals surface area contributed by atoms with Crippen LogP contribution in [0.25, 0.3) is 0 Å². The van der Waals surface area contributed by atoms with E-state index in [1.165, 1.54) is 315 Å². The van der Waals surface area contributed by atoms with E-state index in [0.29, 0.717) is 25.9 Å². The van der Waals surface area contributed by atoms with Crippen LogP contribution in [0.3, 0.4) is 0 Å². The number of unbranched alkanes of at least 4 members (excludes halogenated alkanes) is 51. The van der Waals surface area contributed by atoms with E-state index >= 15 is 0 Å². The highest BCUT2D eigenvalue weighted by atomic mass is 16.5. The van der Waals surface area contributed by atoms with Crippen molar-refractivity contribution in [2.75, 3.05) is 13.2 Å². The number of nitrogens with one attached hydrogen (secondary N) is 1. The lowest BCUT2D eigenvalue weighted by Gasteiger charge is -2.22. The third kappa shape index (κ3) is 65.2. The summed E-state index contributed by atoms with van der Waals surface area (Å²) in [5, 5.41) is 23.3. The minimum atomic E-state index is -0.662. The maximum absolute atomic E-state index is 12.5. The number of amides is 1. The van der Waals surface area contributed by atoms with Crippen molar-refractivity contribution >= 4 is 11.9 Å². The topological polar surface area (TPSA) is 95.9 Å². The molecule has 0 aromatic rings. The number of allylic oxidation sites excluding steroid dienone is 6. The summed E-state index contributed by atoms with van der Waals surface area (Å²) >= 11 is 0. The second kappa shape index (κ2) is 69.6. The summed E-state index contributed by atoms with van der Waals surface area (Å²) < 4.78 is 5.49. The molecule has 1 amide bonds. The summed E-state index contributed by atoms with van der Waals surface area (Å²) in [5.74, 6) is -0.0246. The molecule has 0 fully saturated rings. The van der Waals surface area contributed by atoms with E-state index < -0.39 is 12.1 Å². The SMILES string of the molecule is CCCCCC/C=C\C/C=C\CCCCCCCC(=O)OCCCCCCCCCCCCCC/C=C\CCCCCCCCCCCCCCCCCCC(=O)NC(CO)C(O)CCCCCCCCCCCCCCCCC. The van der Waals surface area contributed by atoms with Crippen LogP contribution in [-0.2, 0) is 14.3 Å². The predicted molar refractivity (Wildman–Crippen MR) is 352 cm³/mol. The van der Waals surface area contributed by atoms with E-state index in [0.717, 1.165) is 51.4 Å². The zero-order valence-corrected chi connectivity index (χ0v) is 54.1. The zero-order valence-electron chi connectivity index (χ0n) is 54.1. The average molecular weight is 1120 g/mol. The van der Waals surface area contributed by atoms with E-state index in [9.17, 15) is 19.8 Å². The standard InChI is InChI=1S/C74H141NO5/c1-3-5-7-9-11-13-15-17-19-40-44-48-52-56-60-64-68-74(79)80-69-65-61-57-53-49-45-41-37-35-33-31-29-27-25-23-21-20-22-24-26-28-30-32-34-36-39-43-47-51-55-59-63-67-73(78)75-71(70-76)72(77)66-62-58-54-50-46-42-38-18-16-14-12-10-8-6-4-2/h13,15,19,23,25,40,71-72,76-77H,3-12,14,16-18,20-22,24,26-39,41-70H2,1-2H3,(H,75,78)/b15-13-,25-23-,40-19-. The van der Waals surface area contributed by atoms with E-state index in [4.69, 9.17) is 4.74 Å². The van der Waals surface area contributed by atoms with Crippen LogP contribution < -0.4 is 5.32 Å². The first-order chi connectivity index (χ1) is 39.5. The van der Waals surface area contributed by atoms with Crippen LogP contribution in [0.5, 0.6) is 0 Å². The lowest BCUT2D eigenvalue weighted by atomic mass is 10.0. The quantitative estimate of drug-likeness (QED) is 0.0320. The molecule has 0 saturated heterocycles. The smallest absolute Gasteiger partial charge is 0.305 e. The molecule has 0 heterocycles. The molecule has 2 unspecified atom stereocenters. The molecule has 0 aliphatic carbocycles. The molecule has 0 rings (SSSR count). The Kier molecular flexibility index (Phi) is 67.9. The first kappa shape index (κ1) is 78.1. The summed E-state index contributed by atoms with van der Waals surface area (Å²) in [6.07, 6.45) is 89.2. The van der Waals surface area contributed by atoms with E-state index in [1.807, 2.05) is 0 Å². The number of hydrogen-bond acceptors (Lipinski definition) is 5. The van der Waals surface area contributed by atoms with Gasteiger partial charge in [0, 0.05) is 12.8 Å². The number of carbonyl (C=O) groups is 2. The number of aliphatic hydroxyl groups is 2. The maximum Gasteiger partial charge on any atom is 0.305 e. The van der Waals surface area contributed by atoms with Gasteiger partial charge in [0.25, 0.3) is 0 Å². The van der Waals surface area contributed by atoms with Crippen molar-refractivity contribution in [3.05, 3.63) is 36.5 Å². The molecule has 0 saturated carbocycles. The Bertz CT molecular complexity index is 1300. The first-order valence-corrected chi connectivity index (χ1v) is 36.2. The van der Waals surface area contributed by atoms with Gasteiger partial charge in [-0.25, -0.2) is 0 Å². The fraction of sp³-hybridized carbons (Fsp3) is 0.892. The Labute approximate surface area is 500 Å². The summed E-state index contributed by atoms with van der Waals surface area (Å²) in [7, 11) is 0. The lowest BCUT2D eigenvalue weighted by Crippen LogP contribution is -2.45. The van der Waals surface area contributed by atoms with Crippen LogP contribution in [0, 0.1) is 0 Å². The molecule has 0 spiro atoms. The summed E-state index contributed by atoms with van der Waals surface area (Å²) in [6, 6.07) is -0.539. The molecule has 3 N–H and O–H groups in total. The molecular weight excluding hydrogens is 983 g/mol. The molecule has 6 heteroatoms. The van der Waals surface area contributed by atoms with Gasteiger partial charge in [0.15, 0.2) is 0 Å². The largest absolute Gasteiger partial charge is 0.466 e. The number of hydrogen-bond donors (Lipinski definition) is 3. The molecule has 0 aliphatic heterocycles. The van der Waals surface area contributed by atoms with Gasteiger partial charge < -0.3 is 20.3 Å². The Balaban J connectivity index is 3.35. The van der Waals surface area contributed by atoms with E-state index in [1.54, 1.807) is 0 Å². The fourth-order valence-electron chi connectivity index (χ4n) is 11.4.